The highest BCUT2D eigenvalue weighted by Crippen LogP contribution is 2.34. The van der Waals surface area contributed by atoms with E-state index in [1.54, 1.807) is 36.5 Å². The molecule has 1 aliphatic carbocycles. The lowest BCUT2D eigenvalue weighted by molar-refractivity contribution is -0.136. The average molecular weight is 841 g/mol. The molecule has 1 unspecified atom stereocenters. The molecular weight excluding hydrogens is 792 g/mol. The molecule has 4 aliphatic heterocycles. The van der Waals surface area contributed by atoms with E-state index in [0.29, 0.717) is 34.0 Å². The molecule has 3 saturated heterocycles. The van der Waals surface area contributed by atoms with Gasteiger partial charge in [-0.25, -0.2) is 4.39 Å². The number of fused-ring (bicyclic) bond motifs is 2. The van der Waals surface area contributed by atoms with Crippen molar-refractivity contribution in [1.82, 2.24) is 25.4 Å². The number of carbonyl (C=O) groups excluding carboxylic acids is 5. The third kappa shape index (κ3) is 8.07. The highest BCUT2D eigenvalue weighted by atomic mass is 19.1. The number of nitrogens with one attached hydrogen (secondary N) is 2. The van der Waals surface area contributed by atoms with Gasteiger partial charge in [-0.3, -0.25) is 44.1 Å². The second kappa shape index (κ2) is 17.2. The summed E-state index contributed by atoms with van der Waals surface area (Å²) in [5.41, 5.74) is 3.34. The van der Waals surface area contributed by atoms with Crippen LogP contribution in [0.3, 0.4) is 0 Å². The Hall–Kier alpha value is -6.40. The van der Waals surface area contributed by atoms with Crippen molar-refractivity contribution in [3.63, 3.8) is 0 Å². The number of imide groups is 2. The van der Waals surface area contributed by atoms with Gasteiger partial charge in [0.2, 0.25) is 11.8 Å². The van der Waals surface area contributed by atoms with Crippen molar-refractivity contribution in [3.05, 3.63) is 94.9 Å². The first-order chi connectivity index (χ1) is 30.0. The number of anilines is 2. The second-order valence-electron chi connectivity index (χ2n) is 17.3. The SMILES string of the molecule is C[C@@H]1CN(c2ccc3c(c2)C(=O)N(C2CCC(=O)NC2=O)C3=O)CCN1CC1CCN(c2ccc(C(=O)N[C@H]3CC[C@H](Oc4ccc(C#N)c5ncccc45)CC3)cc2F)CC1. The number of ether oxygens (including phenoxy) is 1. The van der Waals surface area contributed by atoms with Gasteiger partial charge in [0, 0.05) is 80.6 Å². The van der Waals surface area contributed by atoms with Gasteiger partial charge in [0.15, 0.2) is 0 Å². The summed E-state index contributed by atoms with van der Waals surface area (Å²) >= 11 is 0. The number of carbonyl (C=O) groups is 5. The molecule has 14 nitrogen and oxygen atoms in total. The van der Waals surface area contributed by atoms with Crippen molar-refractivity contribution < 1.29 is 33.1 Å². The van der Waals surface area contributed by atoms with Gasteiger partial charge in [-0.1, -0.05) is 0 Å². The quantitative estimate of drug-likeness (QED) is 0.213. The zero-order chi connectivity index (χ0) is 43.1. The van der Waals surface area contributed by atoms with Gasteiger partial charge < -0.3 is 19.9 Å². The summed E-state index contributed by atoms with van der Waals surface area (Å²) in [6, 6.07) is 18.7. The molecule has 0 spiro atoms. The van der Waals surface area contributed by atoms with Gasteiger partial charge in [0.25, 0.3) is 17.7 Å². The maximum absolute atomic E-state index is 15.6. The number of nitrogens with zero attached hydrogens (tertiary/aromatic N) is 6. The molecule has 1 aromatic heterocycles. The molecule has 5 heterocycles. The third-order valence-electron chi connectivity index (χ3n) is 13.4. The summed E-state index contributed by atoms with van der Waals surface area (Å²) < 4.78 is 21.9. The first kappa shape index (κ1) is 41.0. The van der Waals surface area contributed by atoms with Crippen LogP contribution in [0.2, 0.25) is 0 Å². The van der Waals surface area contributed by atoms with Crippen LogP contribution in [0.1, 0.15) is 94.9 Å². The minimum Gasteiger partial charge on any atom is -0.490 e. The first-order valence-corrected chi connectivity index (χ1v) is 21.7. The molecule has 4 fully saturated rings. The van der Waals surface area contributed by atoms with Crippen LogP contribution in [0.15, 0.2) is 66.9 Å². The molecule has 1 saturated carbocycles. The summed E-state index contributed by atoms with van der Waals surface area (Å²) in [5.74, 6) is -1.58. The zero-order valence-corrected chi connectivity index (χ0v) is 34.6. The summed E-state index contributed by atoms with van der Waals surface area (Å²) in [5, 5.41) is 15.6. The normalized spacial score (nSPS) is 23.6. The summed E-state index contributed by atoms with van der Waals surface area (Å²) in [4.78, 5) is 76.1. The minimum absolute atomic E-state index is 0.0248. The summed E-state index contributed by atoms with van der Waals surface area (Å²) in [6.45, 7) is 6.89. The Morgan fingerprint density at radius 3 is 2.44 bits per heavy atom. The molecular formula is C47H49FN8O6. The predicted octanol–water partition coefficient (Wildman–Crippen LogP) is 5.19. The molecule has 5 aliphatic rings. The fraction of sp³-hybridized carbons (Fsp3) is 0.426. The molecule has 9 rings (SSSR count). The van der Waals surface area contributed by atoms with Crippen molar-refractivity contribution in [3.8, 4) is 11.8 Å². The maximum Gasteiger partial charge on any atom is 0.262 e. The number of benzene rings is 3. The van der Waals surface area contributed by atoms with E-state index in [9.17, 15) is 29.2 Å². The van der Waals surface area contributed by atoms with Crippen LogP contribution in [0, 0.1) is 23.1 Å². The molecule has 0 radical (unpaired) electrons. The van der Waals surface area contributed by atoms with E-state index in [-0.39, 0.29) is 48.1 Å². The van der Waals surface area contributed by atoms with E-state index in [2.05, 4.69) is 43.3 Å². The summed E-state index contributed by atoms with van der Waals surface area (Å²) in [7, 11) is 0. The van der Waals surface area contributed by atoms with E-state index < -0.39 is 35.5 Å². The molecule has 4 aromatic rings. The molecule has 2 atom stereocenters. The van der Waals surface area contributed by atoms with E-state index in [1.807, 2.05) is 24.3 Å². The second-order valence-corrected chi connectivity index (χ2v) is 17.3. The molecule has 15 heteroatoms. The van der Waals surface area contributed by atoms with Crippen LogP contribution >= 0.6 is 0 Å². The maximum atomic E-state index is 15.6. The Kier molecular flexibility index (Phi) is 11.3. The van der Waals surface area contributed by atoms with Gasteiger partial charge in [-0.05, 0) is 118 Å². The molecule has 2 N–H and O–H groups in total. The Bertz CT molecular complexity index is 2490. The Morgan fingerprint density at radius 2 is 1.69 bits per heavy atom. The van der Waals surface area contributed by atoms with Gasteiger partial charge >= 0.3 is 0 Å². The number of rotatable bonds is 9. The van der Waals surface area contributed by atoms with Crippen LogP contribution < -0.4 is 25.2 Å². The van der Waals surface area contributed by atoms with Crippen molar-refractivity contribution >= 4 is 51.8 Å². The third-order valence-corrected chi connectivity index (χ3v) is 13.4. The number of hydrogen-bond acceptors (Lipinski definition) is 11. The van der Waals surface area contributed by atoms with Crippen LogP contribution in [0.4, 0.5) is 15.8 Å². The van der Waals surface area contributed by atoms with Crippen molar-refractivity contribution in [2.24, 2.45) is 5.92 Å². The number of piperazine rings is 1. The highest BCUT2D eigenvalue weighted by molar-refractivity contribution is 6.23. The van der Waals surface area contributed by atoms with Crippen LogP contribution in [-0.2, 0) is 9.59 Å². The number of nitriles is 1. The lowest BCUT2D eigenvalue weighted by atomic mass is 9.92. The average Bonchev–Trinajstić information content (AvgIpc) is 3.53. The van der Waals surface area contributed by atoms with Crippen LogP contribution in [-0.4, -0.2) is 108 Å². The number of pyridine rings is 1. The van der Waals surface area contributed by atoms with Gasteiger partial charge in [0.1, 0.15) is 23.7 Å². The lowest BCUT2D eigenvalue weighted by Crippen LogP contribution is -2.54. The molecule has 3 aromatic carbocycles. The molecule has 320 valence electrons. The fourth-order valence-corrected chi connectivity index (χ4v) is 9.86. The molecule has 0 bridgehead atoms. The van der Waals surface area contributed by atoms with Crippen molar-refractivity contribution in [1.29, 1.82) is 5.26 Å². The first-order valence-electron chi connectivity index (χ1n) is 21.7. The van der Waals surface area contributed by atoms with Crippen LogP contribution in [0.25, 0.3) is 10.9 Å². The van der Waals surface area contributed by atoms with E-state index >= 15 is 4.39 Å². The highest BCUT2D eigenvalue weighted by Gasteiger charge is 2.45. The fourth-order valence-electron chi connectivity index (χ4n) is 9.86. The van der Waals surface area contributed by atoms with Gasteiger partial charge in [-0.15, -0.1) is 0 Å². The monoisotopic (exact) mass is 840 g/mol. The van der Waals surface area contributed by atoms with E-state index in [0.717, 1.165) is 93.8 Å². The lowest BCUT2D eigenvalue weighted by Gasteiger charge is -2.43. The number of piperidine rings is 2. The standard InChI is InChI=1S/C47H49FN8O6/c1-28-26-55(33-8-11-35-37(24-33)47(61)56(46(35)60)40-13-15-42(57)52-45(40)59)22-21-54(28)27-29-16-19-53(20-17-29)39-12-4-30(23-38(39)48)44(58)51-32-6-9-34(10-7-32)62-41-14-5-31(25-49)43-36(41)3-2-18-50-43/h2-5,8,11-12,14,18,23-24,28-29,32,34,40H,6-7,9-10,13,15-17,19-22,26-27H2,1H3,(H,51,58)(H,52,57,59)/t28-,32-,34-,40?/m1/s1. The Labute approximate surface area is 359 Å². The van der Waals surface area contributed by atoms with Crippen molar-refractivity contribution in [2.45, 2.75) is 82.5 Å². The molecule has 5 amide bonds. The Balaban J connectivity index is 0.726. The number of amides is 5. The van der Waals surface area contributed by atoms with Gasteiger partial charge in [-0.2, -0.15) is 5.26 Å². The van der Waals surface area contributed by atoms with Crippen molar-refractivity contribution in [2.75, 3.05) is 49.1 Å². The Morgan fingerprint density at radius 1 is 0.903 bits per heavy atom. The van der Waals surface area contributed by atoms with E-state index in [1.165, 1.54) is 6.07 Å². The smallest absolute Gasteiger partial charge is 0.262 e. The van der Waals surface area contributed by atoms with Gasteiger partial charge in [0.05, 0.1) is 34.0 Å². The molecule has 62 heavy (non-hydrogen) atoms. The predicted molar refractivity (Wildman–Crippen MR) is 228 cm³/mol. The minimum atomic E-state index is -0.995. The summed E-state index contributed by atoms with van der Waals surface area (Å²) in [6.07, 6.45) is 6.66. The number of halogens is 1. The zero-order valence-electron chi connectivity index (χ0n) is 34.6. The number of hydrogen-bond donors (Lipinski definition) is 2. The topological polar surface area (TPSA) is 168 Å². The largest absolute Gasteiger partial charge is 0.490 e. The number of aromatic nitrogens is 1. The van der Waals surface area contributed by atoms with E-state index in [4.69, 9.17) is 4.74 Å². The van der Waals surface area contributed by atoms with Crippen LogP contribution in [0.5, 0.6) is 5.75 Å².